The van der Waals surface area contributed by atoms with E-state index in [1.165, 1.54) is 121 Å². The van der Waals surface area contributed by atoms with Gasteiger partial charge in [-0.05, 0) is 70.8 Å². The molecule has 0 radical (unpaired) electrons. The van der Waals surface area contributed by atoms with E-state index < -0.39 is 48.8 Å². The lowest BCUT2D eigenvalue weighted by Crippen LogP contribution is -2.30. The molecule has 0 spiro atoms. The SMILES string of the molecule is Oc1cc(O)c2c(c1)O[C@@H](c1ccc(O)c(O)c1)[C@@H](O)C2.Oc1cc(O)c2c(c1)O[C@@H](c1ccc(O)c(O)c1)[C@H](O)C2.Oc1cc(O)c2c(c1)O[C@H](c1ccc(O)c(O)c1)[C@@H](O)C2.Oc1cc(O)c2c(c1)O[C@H](c1ccc(O)c(O)c1)[C@H](O)C2. The molecule has 20 N–H and O–H groups in total. The van der Waals surface area contributed by atoms with Gasteiger partial charge >= 0.3 is 0 Å². The summed E-state index contributed by atoms with van der Waals surface area (Å²) in [6.07, 6.45) is -6.24. The van der Waals surface area contributed by atoms with Gasteiger partial charge in [0.2, 0.25) is 0 Å². The lowest BCUT2D eigenvalue weighted by atomic mass is 9.94. The fraction of sp³-hybridized carbons (Fsp3) is 0.200. The van der Waals surface area contributed by atoms with Gasteiger partial charge in [0.05, 0.1) is 24.4 Å². The summed E-state index contributed by atoms with van der Waals surface area (Å²) in [5.41, 5.74) is 3.58. The van der Waals surface area contributed by atoms with Crippen molar-refractivity contribution in [3.63, 3.8) is 0 Å². The molecule has 84 heavy (non-hydrogen) atoms. The van der Waals surface area contributed by atoms with Crippen molar-refractivity contribution in [2.45, 2.75) is 74.5 Å². The summed E-state index contributed by atoms with van der Waals surface area (Å²) in [6.45, 7) is 0. The Labute approximate surface area is 475 Å². The van der Waals surface area contributed by atoms with Crippen LogP contribution in [0, 0.1) is 0 Å². The first-order chi connectivity index (χ1) is 39.8. The second kappa shape index (κ2) is 23.6. The maximum atomic E-state index is 10.2. The smallest absolute Gasteiger partial charge is 0.157 e. The number of phenolic OH excluding ortho intramolecular Hbond substituents is 16. The molecule has 24 heteroatoms. The highest BCUT2D eigenvalue weighted by atomic mass is 16.5. The molecule has 24 nitrogen and oxygen atoms in total. The van der Waals surface area contributed by atoms with Crippen molar-refractivity contribution in [3.8, 4) is 115 Å². The van der Waals surface area contributed by atoms with Gasteiger partial charge in [0.25, 0.3) is 0 Å². The molecule has 4 aliphatic rings. The molecule has 440 valence electrons. The van der Waals surface area contributed by atoms with Crippen molar-refractivity contribution in [1.82, 2.24) is 0 Å². The molecule has 12 rings (SSSR count). The van der Waals surface area contributed by atoms with Crippen molar-refractivity contribution in [2.75, 3.05) is 0 Å². The van der Waals surface area contributed by atoms with Crippen LogP contribution in [0.15, 0.2) is 121 Å². The molecule has 0 aromatic heterocycles. The maximum Gasteiger partial charge on any atom is 0.157 e. The minimum absolute atomic E-state index is 0.143. The normalized spacial score (nSPS) is 20.6. The van der Waals surface area contributed by atoms with Crippen LogP contribution in [0.5, 0.6) is 115 Å². The van der Waals surface area contributed by atoms with Gasteiger partial charge < -0.3 is 121 Å². The van der Waals surface area contributed by atoms with Crippen LogP contribution in [0.2, 0.25) is 0 Å². The molecule has 4 heterocycles. The van der Waals surface area contributed by atoms with Gasteiger partial charge in [0.1, 0.15) is 93.4 Å². The molecule has 8 aromatic rings. The van der Waals surface area contributed by atoms with E-state index in [2.05, 4.69) is 0 Å². The Bertz CT molecular complexity index is 3270. The zero-order valence-electron chi connectivity index (χ0n) is 43.6. The summed E-state index contributed by atoms with van der Waals surface area (Å²) in [6, 6.07) is 26.7. The van der Waals surface area contributed by atoms with Crippen molar-refractivity contribution in [2.24, 2.45) is 0 Å². The van der Waals surface area contributed by atoms with Gasteiger partial charge in [-0.25, -0.2) is 0 Å². The van der Waals surface area contributed by atoms with E-state index in [0.717, 1.165) is 0 Å². The van der Waals surface area contributed by atoms with E-state index in [0.29, 0.717) is 44.5 Å². The lowest BCUT2D eigenvalue weighted by molar-refractivity contribution is 0.0196. The molecule has 0 amide bonds. The van der Waals surface area contributed by atoms with Gasteiger partial charge in [-0.3, -0.25) is 0 Å². The van der Waals surface area contributed by atoms with Crippen LogP contribution in [0.1, 0.15) is 68.9 Å². The zero-order valence-corrected chi connectivity index (χ0v) is 43.6. The van der Waals surface area contributed by atoms with E-state index in [9.17, 15) is 102 Å². The van der Waals surface area contributed by atoms with E-state index in [-0.39, 0.29) is 141 Å². The van der Waals surface area contributed by atoms with Crippen molar-refractivity contribution < 1.29 is 121 Å². The number of phenols is 16. The average molecular weight is 1160 g/mol. The molecule has 0 saturated heterocycles. The van der Waals surface area contributed by atoms with Gasteiger partial charge in [-0.1, -0.05) is 24.3 Å². The standard InChI is InChI=1S/4C15H14O6/c4*16-8-4-11(18)9-6-13(20)15(21-14(9)5-8)7-1-2-10(17)12(19)3-7/h4*1-5,13,15-20H,6H2/t2*13-,15+;2*13-,15-/m1010/s1. The van der Waals surface area contributed by atoms with Crippen LogP contribution in [0.25, 0.3) is 0 Å². The van der Waals surface area contributed by atoms with Crippen molar-refractivity contribution in [1.29, 1.82) is 0 Å². The Morgan fingerprint density at radius 1 is 0.226 bits per heavy atom. The Hall–Kier alpha value is -10.4. The number of benzene rings is 8. The van der Waals surface area contributed by atoms with Crippen molar-refractivity contribution in [3.05, 3.63) is 166 Å². The number of fused-ring (bicyclic) bond motifs is 4. The number of ether oxygens (including phenoxy) is 4. The van der Waals surface area contributed by atoms with Gasteiger partial charge in [0, 0.05) is 96.5 Å². The Balaban J connectivity index is 0.000000134. The van der Waals surface area contributed by atoms with Crippen LogP contribution < -0.4 is 18.9 Å². The first-order valence-electron chi connectivity index (χ1n) is 25.5. The first kappa shape index (κ1) is 58.3. The highest BCUT2D eigenvalue weighted by Crippen LogP contribution is 2.47. The van der Waals surface area contributed by atoms with E-state index in [4.69, 9.17) is 18.9 Å². The maximum absolute atomic E-state index is 10.2. The molecular formula is C60H56O24. The van der Waals surface area contributed by atoms with Crippen LogP contribution in [0.3, 0.4) is 0 Å². The third-order valence-electron chi connectivity index (χ3n) is 14.1. The third-order valence-corrected chi connectivity index (χ3v) is 14.1. The number of aliphatic hydroxyl groups is 4. The average Bonchev–Trinajstić information content (AvgIpc) is 3.64. The number of aromatic hydroxyl groups is 16. The fourth-order valence-electron chi connectivity index (χ4n) is 9.86. The van der Waals surface area contributed by atoms with Crippen LogP contribution in [-0.4, -0.2) is 127 Å². The van der Waals surface area contributed by atoms with Crippen molar-refractivity contribution >= 4 is 0 Å². The minimum Gasteiger partial charge on any atom is -0.508 e. The van der Waals surface area contributed by atoms with Gasteiger partial charge in [-0.2, -0.15) is 0 Å². The Kier molecular flexibility index (Phi) is 16.4. The summed E-state index contributed by atoms with van der Waals surface area (Å²) < 4.78 is 22.5. The minimum atomic E-state index is -0.933. The number of aliphatic hydroxyl groups excluding tert-OH is 4. The molecule has 0 bridgehead atoms. The molecule has 0 saturated carbocycles. The lowest BCUT2D eigenvalue weighted by Gasteiger charge is -2.31. The fourth-order valence-corrected chi connectivity index (χ4v) is 9.86. The summed E-state index contributed by atoms with van der Waals surface area (Å²) in [7, 11) is 0. The van der Waals surface area contributed by atoms with Gasteiger partial charge in [0.15, 0.2) is 46.0 Å². The number of hydrogen-bond acceptors (Lipinski definition) is 24. The van der Waals surface area contributed by atoms with Crippen LogP contribution in [0.4, 0.5) is 0 Å². The highest BCUT2D eigenvalue weighted by molar-refractivity contribution is 5.56. The Morgan fingerprint density at radius 2 is 0.417 bits per heavy atom. The van der Waals surface area contributed by atoms with Crippen LogP contribution >= 0.6 is 0 Å². The van der Waals surface area contributed by atoms with E-state index >= 15 is 0 Å². The molecule has 4 aliphatic heterocycles. The second-order valence-electron chi connectivity index (χ2n) is 20.0. The summed E-state index contributed by atoms with van der Waals surface area (Å²) >= 11 is 0. The zero-order chi connectivity index (χ0) is 60.6. The Morgan fingerprint density at radius 3 is 0.595 bits per heavy atom. The molecule has 8 aromatic carbocycles. The summed E-state index contributed by atoms with van der Waals surface area (Å²) in [5, 5.41) is 193. The van der Waals surface area contributed by atoms with E-state index in [1.807, 2.05) is 0 Å². The van der Waals surface area contributed by atoms with E-state index in [1.54, 1.807) is 0 Å². The number of rotatable bonds is 4. The molecular weight excluding hydrogens is 1100 g/mol. The number of hydrogen-bond donors (Lipinski definition) is 20. The summed E-state index contributed by atoms with van der Waals surface area (Å²) in [4.78, 5) is 0. The molecule has 0 fully saturated rings. The first-order valence-corrected chi connectivity index (χ1v) is 25.5. The molecule has 0 unspecified atom stereocenters. The summed E-state index contributed by atoms with van der Waals surface area (Å²) in [5.74, 6) is -2.36. The quantitative estimate of drug-likeness (QED) is 0.0874. The topological polar surface area (TPSA) is 442 Å². The van der Waals surface area contributed by atoms with Gasteiger partial charge in [-0.15, -0.1) is 0 Å². The predicted octanol–water partition coefficient (Wildman–Crippen LogP) is 6.18. The molecule has 8 atom stereocenters. The monoisotopic (exact) mass is 1160 g/mol. The third kappa shape index (κ3) is 12.4. The largest absolute Gasteiger partial charge is 0.508 e. The highest BCUT2D eigenvalue weighted by Gasteiger charge is 2.36. The molecule has 0 aliphatic carbocycles. The predicted molar refractivity (Wildman–Crippen MR) is 290 cm³/mol. The second-order valence-corrected chi connectivity index (χ2v) is 20.0. The van der Waals surface area contributed by atoms with Crippen LogP contribution in [-0.2, 0) is 25.7 Å².